The third kappa shape index (κ3) is 17.3. The maximum atomic E-state index is 5.98. The molecule has 0 spiro atoms. The number of halogens is 5. The highest BCUT2D eigenvalue weighted by atomic mass is 35.5. The number of H-pyrrole nitrogens is 5. The Morgan fingerprint density at radius 2 is 0.947 bits per heavy atom. The minimum absolute atomic E-state index is 0.157. The van der Waals surface area contributed by atoms with E-state index in [0.29, 0.717) is 78.8 Å². The first-order valence-corrected chi connectivity index (χ1v) is 30.2. The lowest BCUT2D eigenvalue weighted by Crippen LogP contribution is -2.11. The molecule has 15 heterocycles. The van der Waals surface area contributed by atoms with Gasteiger partial charge < -0.3 is 75.1 Å². The number of fused-ring (bicyclic) bond motifs is 5. The van der Waals surface area contributed by atoms with Gasteiger partial charge in [-0.15, -0.1) is 0 Å². The van der Waals surface area contributed by atoms with Crippen molar-refractivity contribution in [3.8, 4) is 0 Å². The van der Waals surface area contributed by atoms with Crippen LogP contribution < -0.4 is 31.9 Å². The van der Waals surface area contributed by atoms with E-state index in [2.05, 4.69) is 142 Å². The molecule has 0 bridgehead atoms. The second kappa shape index (κ2) is 31.6. The number of hydrogen-bond donors (Lipinski definition) is 11. The molecule has 0 saturated heterocycles. The Morgan fingerprint density at radius 3 is 1.46 bits per heavy atom. The van der Waals surface area contributed by atoms with Crippen molar-refractivity contribution in [2.45, 2.75) is 45.8 Å². The molecule has 0 unspecified atom stereocenters. The van der Waals surface area contributed by atoms with Gasteiger partial charge in [0.1, 0.15) is 62.9 Å². The standard InChI is InChI=1S/C14H16ClN5O.C13H14ClN5O.C11H9ClN6.C10H8ClN7.C10H8ClN5O/c1-20(2)8-9-6-16-12-11(9)13(19-14(15)18-12)17-7-10-4-3-5-21-10;1-15-5-8-6-16-11-10(8)12(19-13(14)18-11)17-7-9-3-2-4-20-9;12-11-17-9-8(2-3-13-9)10(18-11)14-5-7-1-4-15-16-6-7;11-10-17-8(7-9(18-10)14-5-13-7)12-3-6-1-2-15-16-4-6;11-10-15-8-7(2-3-12-8)9(16-10)13-5-6-1-4-14-17-6/h3-6H,7-8H2,1-2H3,(H2,16,17,18,19);2-4,6,15H,5,7H2,1H3,(H2,16,17,18,19);1-4,6H,5H2,(H2,13,14,17,18);1-2,4-5H,3H2,(H2,12,13,14,17,18);1-4H,5H2,(H2,12,13,15,16). The predicted molar refractivity (Wildman–Crippen MR) is 357 cm³/mol. The molecule has 94 heavy (non-hydrogen) atoms. The molecule has 31 nitrogen and oxygen atoms in total. The van der Waals surface area contributed by atoms with Gasteiger partial charge in [0.15, 0.2) is 17.2 Å². The van der Waals surface area contributed by atoms with E-state index in [9.17, 15) is 0 Å². The fourth-order valence-corrected chi connectivity index (χ4v) is 9.95. The van der Waals surface area contributed by atoms with Crippen LogP contribution in [-0.4, -0.2) is 131 Å². The maximum Gasteiger partial charge on any atom is 0.226 e. The summed E-state index contributed by atoms with van der Waals surface area (Å²) in [6.07, 6.45) is 20.5. The number of imidazole rings is 1. The molecule has 0 aromatic carbocycles. The number of aromatic nitrogens is 21. The van der Waals surface area contributed by atoms with Crippen LogP contribution in [0, 0.1) is 0 Å². The highest BCUT2D eigenvalue weighted by Crippen LogP contribution is 2.29. The minimum Gasteiger partial charge on any atom is -0.467 e. The molecule has 0 aliphatic heterocycles. The molecule has 11 N–H and O–H groups in total. The summed E-state index contributed by atoms with van der Waals surface area (Å²) in [5.74, 6) is 5.77. The first-order valence-electron chi connectivity index (χ1n) is 28.3. The number of furan rings is 2. The van der Waals surface area contributed by atoms with Gasteiger partial charge in [0.05, 0.1) is 78.6 Å². The number of nitrogens with zero attached hydrogens (tertiary/aromatic N) is 17. The Bertz CT molecular complexity index is 4700. The van der Waals surface area contributed by atoms with Gasteiger partial charge in [-0.25, -0.2) is 24.9 Å². The van der Waals surface area contributed by atoms with Gasteiger partial charge in [0.2, 0.25) is 26.4 Å². The SMILES string of the molecule is CN(C)Cc1c[nH]c2nc(Cl)nc(NCc3ccco3)c12.CNCc1c[nH]c2nc(Cl)nc(NCc3ccco3)c12.Clc1nc(NCc2ccnnc2)c2[nH]cnc2n1.Clc1nc(NCc2ccnnc2)c2cc[nH]c2n1.Clc1nc(NCc2ccno2)c2cc[nH]c2n1. The average molecular weight is 1370 g/mol. The summed E-state index contributed by atoms with van der Waals surface area (Å²) in [5.41, 5.74) is 8.33. The fraction of sp³-hybridized carbons (Fsp3) is 0.172. The van der Waals surface area contributed by atoms with Gasteiger partial charge in [-0.1, -0.05) is 5.16 Å². The van der Waals surface area contributed by atoms with Gasteiger partial charge >= 0.3 is 0 Å². The number of nitrogens with one attached hydrogen (secondary N) is 11. The Morgan fingerprint density at radius 1 is 0.457 bits per heavy atom. The average Bonchev–Trinajstić information content (AvgIpc) is 1.69. The second-order valence-corrected chi connectivity index (χ2v) is 21.7. The zero-order chi connectivity index (χ0) is 65.2. The van der Waals surface area contributed by atoms with Crippen LogP contribution in [0.4, 0.5) is 29.1 Å². The largest absolute Gasteiger partial charge is 0.467 e. The van der Waals surface area contributed by atoms with Crippen molar-refractivity contribution in [2.24, 2.45) is 0 Å². The number of aromatic amines is 5. The second-order valence-electron chi connectivity index (χ2n) is 20.0. The molecule has 0 radical (unpaired) electrons. The monoisotopic (exact) mass is 1370 g/mol. The van der Waals surface area contributed by atoms with E-state index in [1.54, 1.807) is 68.3 Å². The fourth-order valence-electron chi connectivity index (χ4n) is 9.11. The van der Waals surface area contributed by atoms with Crippen molar-refractivity contribution in [1.29, 1.82) is 0 Å². The molecule has 0 saturated carbocycles. The zero-order valence-corrected chi connectivity index (χ0v) is 53.6. The molecular weight excluding hydrogens is 1310 g/mol. The maximum absolute atomic E-state index is 5.98. The van der Waals surface area contributed by atoms with E-state index in [0.717, 1.165) is 91.0 Å². The number of anilines is 5. The number of rotatable bonds is 19. The minimum atomic E-state index is 0.157. The van der Waals surface area contributed by atoms with Crippen LogP contribution >= 0.6 is 58.0 Å². The molecule has 0 atom stereocenters. The van der Waals surface area contributed by atoms with E-state index in [4.69, 9.17) is 71.4 Å². The molecule has 0 amide bonds. The first kappa shape index (κ1) is 64.8. The van der Waals surface area contributed by atoms with E-state index in [-0.39, 0.29) is 26.4 Å². The summed E-state index contributed by atoms with van der Waals surface area (Å²) in [6.45, 7) is 4.26. The van der Waals surface area contributed by atoms with Crippen LogP contribution in [-0.2, 0) is 45.8 Å². The molecule has 0 fully saturated rings. The topological polar surface area (TPSA) is 400 Å². The lowest BCUT2D eigenvalue weighted by molar-refractivity contribution is 0.388. The summed E-state index contributed by atoms with van der Waals surface area (Å²) < 4.78 is 15.6. The van der Waals surface area contributed by atoms with Crippen LogP contribution in [0.1, 0.15) is 39.5 Å². The third-order valence-electron chi connectivity index (χ3n) is 13.2. The van der Waals surface area contributed by atoms with Crippen LogP contribution in [0.3, 0.4) is 0 Å². The summed E-state index contributed by atoms with van der Waals surface area (Å²) >= 11 is 29.4. The molecule has 15 aromatic heterocycles. The smallest absolute Gasteiger partial charge is 0.226 e. The summed E-state index contributed by atoms with van der Waals surface area (Å²) in [7, 11) is 5.93. The molecular formula is C58H55Cl5N28O3. The Labute approximate surface area is 556 Å². The summed E-state index contributed by atoms with van der Waals surface area (Å²) in [5, 5.41) is 42.5. The Hall–Kier alpha value is -10.7. The summed E-state index contributed by atoms with van der Waals surface area (Å²) in [6, 6.07) is 16.8. The molecule has 36 heteroatoms. The number of hydrogen-bond acceptors (Lipinski definition) is 26. The van der Waals surface area contributed by atoms with Gasteiger partial charge in [0, 0.05) is 69.4 Å². The quantitative estimate of drug-likeness (QED) is 0.0335. The van der Waals surface area contributed by atoms with Crippen molar-refractivity contribution in [2.75, 3.05) is 47.7 Å². The molecule has 0 aliphatic carbocycles. The van der Waals surface area contributed by atoms with Crippen molar-refractivity contribution in [3.05, 3.63) is 195 Å². The van der Waals surface area contributed by atoms with Gasteiger partial charge in [-0.05, 0) is 150 Å². The van der Waals surface area contributed by atoms with Crippen molar-refractivity contribution in [1.82, 2.24) is 116 Å². The van der Waals surface area contributed by atoms with Crippen LogP contribution in [0.15, 0.2) is 143 Å². The van der Waals surface area contributed by atoms with E-state index < -0.39 is 0 Å². The normalized spacial score (nSPS) is 11.0. The summed E-state index contributed by atoms with van der Waals surface area (Å²) in [4.78, 5) is 62.9. The molecule has 0 aliphatic rings. The Balaban J connectivity index is 0.000000120. The van der Waals surface area contributed by atoms with Crippen LogP contribution in [0.5, 0.6) is 0 Å². The highest BCUT2D eigenvalue weighted by Gasteiger charge is 2.17. The highest BCUT2D eigenvalue weighted by molar-refractivity contribution is 6.30. The molecule has 15 rings (SSSR count). The molecule has 480 valence electrons. The van der Waals surface area contributed by atoms with Crippen LogP contribution in [0.2, 0.25) is 26.4 Å². The lowest BCUT2D eigenvalue weighted by atomic mass is 10.2. The molecule has 15 aromatic rings. The van der Waals surface area contributed by atoms with Crippen molar-refractivity contribution in [3.63, 3.8) is 0 Å². The lowest BCUT2D eigenvalue weighted by Gasteiger charge is -2.11. The van der Waals surface area contributed by atoms with Crippen molar-refractivity contribution >= 4 is 142 Å². The van der Waals surface area contributed by atoms with E-state index >= 15 is 0 Å². The van der Waals surface area contributed by atoms with E-state index in [1.807, 2.05) is 82.1 Å². The predicted octanol–water partition coefficient (Wildman–Crippen LogP) is 11.0. The third-order valence-corrected chi connectivity index (χ3v) is 14.1. The van der Waals surface area contributed by atoms with Gasteiger partial charge in [-0.2, -0.15) is 50.3 Å². The van der Waals surface area contributed by atoms with Crippen molar-refractivity contribution < 1.29 is 13.4 Å². The van der Waals surface area contributed by atoms with Crippen LogP contribution in [0.25, 0.3) is 55.3 Å². The Kier molecular flexibility index (Phi) is 21.8. The first-order chi connectivity index (χ1) is 45.9. The van der Waals surface area contributed by atoms with Gasteiger partial charge in [0.25, 0.3) is 0 Å². The zero-order valence-electron chi connectivity index (χ0n) is 49.8. The van der Waals surface area contributed by atoms with Gasteiger partial charge in [-0.3, -0.25) is 0 Å². The van der Waals surface area contributed by atoms with E-state index in [1.165, 1.54) is 0 Å².